The standard InChI is InChI=1S/C16H10N4OS/c1-7-11-12(8(2)14-13(7)19-21-20-14)18-16-15(17-11)9-5-3-4-6-10(9)22-16/h3-6H,1-2H3. The molecule has 0 spiro atoms. The van der Waals surface area contributed by atoms with Crippen molar-refractivity contribution < 1.29 is 4.63 Å². The van der Waals surface area contributed by atoms with E-state index in [1.807, 2.05) is 26.0 Å². The molecule has 5 aromatic rings. The minimum atomic E-state index is 0.762. The van der Waals surface area contributed by atoms with E-state index in [-0.39, 0.29) is 0 Å². The Morgan fingerprint density at radius 1 is 0.818 bits per heavy atom. The van der Waals surface area contributed by atoms with Gasteiger partial charge in [0.1, 0.15) is 21.4 Å². The van der Waals surface area contributed by atoms with Gasteiger partial charge in [-0.05, 0) is 30.2 Å². The van der Waals surface area contributed by atoms with E-state index in [1.165, 1.54) is 4.70 Å². The van der Waals surface area contributed by atoms with Gasteiger partial charge in [0.25, 0.3) is 0 Å². The zero-order valence-corrected chi connectivity index (χ0v) is 12.7. The highest BCUT2D eigenvalue weighted by molar-refractivity contribution is 7.25. The van der Waals surface area contributed by atoms with Crippen molar-refractivity contribution in [1.29, 1.82) is 0 Å². The molecule has 5 nitrogen and oxygen atoms in total. The molecule has 0 saturated heterocycles. The Balaban J connectivity index is 2.08. The van der Waals surface area contributed by atoms with Crippen LogP contribution in [0.4, 0.5) is 0 Å². The van der Waals surface area contributed by atoms with Gasteiger partial charge in [0.05, 0.1) is 11.0 Å². The molecular weight excluding hydrogens is 296 g/mol. The Kier molecular flexibility index (Phi) is 2.17. The van der Waals surface area contributed by atoms with Crippen molar-refractivity contribution in [2.45, 2.75) is 13.8 Å². The summed E-state index contributed by atoms with van der Waals surface area (Å²) < 4.78 is 6.10. The predicted molar refractivity (Wildman–Crippen MR) is 87.3 cm³/mol. The van der Waals surface area contributed by atoms with E-state index in [2.05, 4.69) is 22.4 Å². The molecule has 0 bridgehead atoms. The lowest BCUT2D eigenvalue weighted by Gasteiger charge is -2.04. The summed E-state index contributed by atoms with van der Waals surface area (Å²) in [6.07, 6.45) is 0. The van der Waals surface area contributed by atoms with Gasteiger partial charge in [-0.2, -0.15) is 0 Å². The molecule has 0 fully saturated rings. The molecule has 0 aliphatic heterocycles. The second-order valence-electron chi connectivity index (χ2n) is 5.38. The topological polar surface area (TPSA) is 64.7 Å². The number of hydrogen-bond acceptors (Lipinski definition) is 6. The van der Waals surface area contributed by atoms with Gasteiger partial charge in [-0.25, -0.2) is 14.6 Å². The summed E-state index contributed by atoms with van der Waals surface area (Å²) in [5.41, 5.74) is 6.14. The second kappa shape index (κ2) is 3.98. The highest BCUT2D eigenvalue weighted by Crippen LogP contribution is 2.35. The third kappa shape index (κ3) is 1.37. The Bertz CT molecular complexity index is 1200. The van der Waals surface area contributed by atoms with Gasteiger partial charge in [0, 0.05) is 21.2 Å². The summed E-state index contributed by atoms with van der Waals surface area (Å²) in [6, 6.07) is 8.26. The Morgan fingerprint density at radius 2 is 1.50 bits per heavy atom. The van der Waals surface area contributed by atoms with Crippen molar-refractivity contribution in [3.8, 4) is 0 Å². The maximum atomic E-state index is 4.89. The van der Waals surface area contributed by atoms with Gasteiger partial charge in [-0.15, -0.1) is 11.3 Å². The average Bonchev–Trinajstić information content (AvgIpc) is 3.15. The van der Waals surface area contributed by atoms with Crippen LogP contribution in [0.1, 0.15) is 11.1 Å². The Labute approximate surface area is 128 Å². The van der Waals surface area contributed by atoms with E-state index >= 15 is 0 Å². The number of aromatic nitrogens is 4. The van der Waals surface area contributed by atoms with Crippen molar-refractivity contribution in [2.24, 2.45) is 0 Å². The second-order valence-corrected chi connectivity index (χ2v) is 6.41. The first-order valence-electron chi connectivity index (χ1n) is 6.94. The van der Waals surface area contributed by atoms with E-state index in [0.29, 0.717) is 0 Å². The fourth-order valence-electron chi connectivity index (χ4n) is 2.95. The monoisotopic (exact) mass is 306 g/mol. The molecule has 0 atom stereocenters. The lowest BCUT2D eigenvalue weighted by Crippen LogP contribution is -1.93. The van der Waals surface area contributed by atoms with Crippen LogP contribution in [-0.2, 0) is 0 Å². The van der Waals surface area contributed by atoms with Crippen LogP contribution in [0.3, 0.4) is 0 Å². The highest BCUT2D eigenvalue weighted by atomic mass is 32.1. The number of nitrogens with zero attached hydrogens (tertiary/aromatic N) is 4. The zero-order valence-electron chi connectivity index (χ0n) is 11.9. The molecule has 3 aromatic heterocycles. The number of hydrogen-bond donors (Lipinski definition) is 0. The number of thiophene rings is 1. The molecule has 0 amide bonds. The fraction of sp³-hybridized carbons (Fsp3) is 0.125. The average molecular weight is 306 g/mol. The zero-order chi connectivity index (χ0) is 14.8. The quantitative estimate of drug-likeness (QED) is 0.430. The first-order chi connectivity index (χ1) is 10.7. The summed E-state index contributed by atoms with van der Waals surface area (Å²) in [7, 11) is 0. The van der Waals surface area contributed by atoms with E-state index < -0.39 is 0 Å². The number of benzene rings is 2. The molecule has 0 N–H and O–H groups in total. The highest BCUT2D eigenvalue weighted by Gasteiger charge is 2.17. The Hall–Kier alpha value is -2.60. The first kappa shape index (κ1) is 12.0. The lowest BCUT2D eigenvalue weighted by atomic mass is 10.1. The predicted octanol–water partition coefficient (Wildman–Crippen LogP) is 4.15. The summed E-state index contributed by atoms with van der Waals surface area (Å²) in [6.45, 7) is 3.98. The van der Waals surface area contributed by atoms with Crippen LogP contribution < -0.4 is 0 Å². The summed E-state index contributed by atoms with van der Waals surface area (Å²) in [5, 5.41) is 9.16. The molecule has 0 radical (unpaired) electrons. The summed E-state index contributed by atoms with van der Waals surface area (Å²) in [5.74, 6) is 0. The minimum absolute atomic E-state index is 0.762. The summed E-state index contributed by atoms with van der Waals surface area (Å²) in [4.78, 5) is 10.7. The van der Waals surface area contributed by atoms with Crippen molar-refractivity contribution >= 4 is 53.8 Å². The Morgan fingerprint density at radius 3 is 2.27 bits per heavy atom. The van der Waals surface area contributed by atoms with Crippen molar-refractivity contribution in [3.05, 3.63) is 35.4 Å². The van der Waals surface area contributed by atoms with Crippen LogP contribution in [0, 0.1) is 13.8 Å². The minimum Gasteiger partial charge on any atom is -0.243 e. The largest absolute Gasteiger partial charge is 0.243 e. The number of aryl methyl sites for hydroxylation is 2. The van der Waals surface area contributed by atoms with Crippen molar-refractivity contribution in [1.82, 2.24) is 20.3 Å². The van der Waals surface area contributed by atoms with Gasteiger partial charge in [0.15, 0.2) is 0 Å². The molecule has 3 heterocycles. The van der Waals surface area contributed by atoms with Gasteiger partial charge in [0.2, 0.25) is 0 Å². The van der Waals surface area contributed by atoms with Gasteiger partial charge in [-0.3, -0.25) is 0 Å². The molecule has 6 heteroatoms. The van der Waals surface area contributed by atoms with E-state index in [9.17, 15) is 0 Å². The molecular formula is C16H10N4OS. The van der Waals surface area contributed by atoms with Gasteiger partial charge >= 0.3 is 0 Å². The van der Waals surface area contributed by atoms with Crippen molar-refractivity contribution in [2.75, 3.05) is 0 Å². The fourth-order valence-corrected chi connectivity index (χ4v) is 3.97. The third-order valence-electron chi connectivity index (χ3n) is 4.12. The molecule has 5 rings (SSSR count). The van der Waals surface area contributed by atoms with Crippen LogP contribution in [0.25, 0.3) is 42.5 Å². The van der Waals surface area contributed by atoms with Crippen LogP contribution >= 0.6 is 11.3 Å². The van der Waals surface area contributed by atoms with Crippen LogP contribution in [0.5, 0.6) is 0 Å². The molecule has 2 aromatic carbocycles. The molecule has 106 valence electrons. The molecule has 0 saturated carbocycles. The van der Waals surface area contributed by atoms with Crippen LogP contribution in [0.2, 0.25) is 0 Å². The maximum Gasteiger partial charge on any atom is 0.143 e. The maximum absolute atomic E-state index is 4.89. The van der Waals surface area contributed by atoms with Crippen molar-refractivity contribution in [3.63, 3.8) is 0 Å². The molecule has 0 aliphatic carbocycles. The van der Waals surface area contributed by atoms with Gasteiger partial charge in [-0.1, -0.05) is 18.2 Å². The third-order valence-corrected chi connectivity index (χ3v) is 5.18. The summed E-state index contributed by atoms with van der Waals surface area (Å²) >= 11 is 1.67. The number of rotatable bonds is 0. The van der Waals surface area contributed by atoms with Gasteiger partial charge < -0.3 is 0 Å². The molecule has 0 aliphatic rings. The molecule has 22 heavy (non-hydrogen) atoms. The molecule has 0 unspecified atom stereocenters. The van der Waals surface area contributed by atoms with Crippen LogP contribution in [0.15, 0.2) is 28.9 Å². The smallest absolute Gasteiger partial charge is 0.143 e. The van der Waals surface area contributed by atoms with E-state index in [1.54, 1.807) is 11.3 Å². The van der Waals surface area contributed by atoms with E-state index in [4.69, 9.17) is 14.6 Å². The number of fused-ring (bicyclic) bond motifs is 5. The lowest BCUT2D eigenvalue weighted by molar-refractivity contribution is 0.315. The first-order valence-corrected chi connectivity index (χ1v) is 7.76. The van der Waals surface area contributed by atoms with E-state index in [0.717, 1.165) is 48.9 Å². The van der Waals surface area contributed by atoms with Crippen LogP contribution in [-0.4, -0.2) is 20.3 Å². The normalized spacial score (nSPS) is 12.1. The SMILES string of the molecule is Cc1c2nonc2c(C)c2nc3c(nc12)sc1ccccc13.